The van der Waals surface area contributed by atoms with Gasteiger partial charge in [0.05, 0.1) is 28.5 Å². The number of methoxy groups -OCH3 is 1. The monoisotopic (exact) mass is 255 g/mol. The zero-order valence-electron chi connectivity index (χ0n) is 9.56. The molecule has 0 fully saturated rings. The number of rotatable bonds is 1. The Hall–Kier alpha value is -1.56. The predicted octanol–water partition coefficient (Wildman–Crippen LogP) is 1.06. The molecule has 0 saturated carbocycles. The van der Waals surface area contributed by atoms with Crippen LogP contribution in [0.1, 0.15) is 17.3 Å². The number of hydrogen-bond acceptors (Lipinski definition) is 5. The average Bonchev–Trinajstić information content (AvgIpc) is 2.33. The molecule has 6 heteroatoms. The maximum atomic E-state index is 12.1. The lowest BCUT2D eigenvalue weighted by molar-refractivity contribution is 0.0600. The van der Waals surface area contributed by atoms with Gasteiger partial charge in [-0.1, -0.05) is 0 Å². The van der Waals surface area contributed by atoms with E-state index in [4.69, 9.17) is 0 Å². The molecule has 1 N–H and O–H groups in total. The summed E-state index contributed by atoms with van der Waals surface area (Å²) in [5.41, 5.74) is 0.779. The first-order valence-electron chi connectivity index (χ1n) is 5.17. The molecule has 1 atom stereocenters. The Bertz CT molecular complexity index is 565. The Morgan fingerprint density at radius 3 is 2.82 bits per heavy atom. The molecule has 1 aromatic carbocycles. The first-order chi connectivity index (χ1) is 7.96. The average molecular weight is 255 g/mol. The summed E-state index contributed by atoms with van der Waals surface area (Å²) in [4.78, 5) is 11.5. The van der Waals surface area contributed by atoms with Crippen LogP contribution in [-0.2, 0) is 14.6 Å². The van der Waals surface area contributed by atoms with E-state index in [0.29, 0.717) is 12.2 Å². The van der Waals surface area contributed by atoms with Gasteiger partial charge in [-0.25, -0.2) is 13.2 Å². The predicted molar refractivity (Wildman–Crippen MR) is 62.9 cm³/mol. The molecule has 5 nitrogen and oxygen atoms in total. The fourth-order valence-corrected chi connectivity index (χ4v) is 3.20. The number of ether oxygens (including phenoxy) is 1. The second kappa shape index (κ2) is 4.03. The Labute approximate surface area is 99.7 Å². The van der Waals surface area contributed by atoms with Crippen molar-refractivity contribution in [1.82, 2.24) is 0 Å². The van der Waals surface area contributed by atoms with Gasteiger partial charge in [0.25, 0.3) is 0 Å². The van der Waals surface area contributed by atoms with E-state index in [0.717, 1.165) is 0 Å². The molecule has 0 spiro atoms. The molecule has 0 bridgehead atoms. The van der Waals surface area contributed by atoms with E-state index in [1.54, 1.807) is 19.1 Å². The maximum absolute atomic E-state index is 12.1. The lowest BCUT2D eigenvalue weighted by Gasteiger charge is -2.23. The molecular weight excluding hydrogens is 242 g/mol. The van der Waals surface area contributed by atoms with Crippen LogP contribution in [0.3, 0.4) is 0 Å². The van der Waals surface area contributed by atoms with Gasteiger partial charge >= 0.3 is 5.97 Å². The third-order valence-corrected chi connectivity index (χ3v) is 5.00. The van der Waals surface area contributed by atoms with Crippen molar-refractivity contribution < 1.29 is 17.9 Å². The van der Waals surface area contributed by atoms with Gasteiger partial charge in [-0.05, 0) is 25.1 Å². The Morgan fingerprint density at radius 1 is 1.47 bits per heavy atom. The number of carbonyl (C=O) groups is 1. The molecule has 0 aromatic heterocycles. The zero-order chi connectivity index (χ0) is 12.6. The fraction of sp³-hybridized carbons (Fsp3) is 0.364. The molecule has 17 heavy (non-hydrogen) atoms. The largest absolute Gasteiger partial charge is 0.465 e. The van der Waals surface area contributed by atoms with E-state index in [1.807, 2.05) is 0 Å². The number of anilines is 1. The highest BCUT2D eigenvalue weighted by Crippen LogP contribution is 2.30. The van der Waals surface area contributed by atoms with Crippen LogP contribution in [0.2, 0.25) is 0 Å². The van der Waals surface area contributed by atoms with Gasteiger partial charge in [0, 0.05) is 6.54 Å². The molecule has 92 valence electrons. The minimum atomic E-state index is -3.36. The highest BCUT2D eigenvalue weighted by molar-refractivity contribution is 7.92. The van der Waals surface area contributed by atoms with Gasteiger partial charge < -0.3 is 10.1 Å². The molecule has 1 aliphatic heterocycles. The van der Waals surface area contributed by atoms with Crippen molar-refractivity contribution in [2.75, 3.05) is 19.0 Å². The second-order valence-electron chi connectivity index (χ2n) is 3.94. The summed E-state index contributed by atoms with van der Waals surface area (Å²) in [6.45, 7) is 2.02. The van der Waals surface area contributed by atoms with Crippen LogP contribution < -0.4 is 5.32 Å². The van der Waals surface area contributed by atoms with Crippen molar-refractivity contribution in [2.45, 2.75) is 17.1 Å². The lowest BCUT2D eigenvalue weighted by atomic mass is 10.2. The fourth-order valence-electron chi connectivity index (χ4n) is 1.73. The molecule has 1 unspecified atom stereocenters. The molecule has 1 heterocycles. The molecule has 1 aliphatic rings. The van der Waals surface area contributed by atoms with Crippen molar-refractivity contribution in [3.05, 3.63) is 23.8 Å². The van der Waals surface area contributed by atoms with Crippen LogP contribution in [0.15, 0.2) is 23.1 Å². The SMILES string of the molecule is COC(=O)c1ccc2c(c1)S(=O)(=O)C(C)CN2. The molecular formula is C11H13NO4S. The first kappa shape index (κ1) is 11.9. The number of nitrogens with one attached hydrogen (secondary N) is 1. The standard InChI is InChI=1S/C11H13NO4S/c1-7-6-12-9-4-3-8(11(13)16-2)5-10(9)17(7,14)15/h3-5,7,12H,6H2,1-2H3. The third-order valence-electron chi connectivity index (χ3n) is 2.82. The maximum Gasteiger partial charge on any atom is 0.337 e. The van der Waals surface area contributed by atoms with Crippen molar-refractivity contribution >= 4 is 21.5 Å². The van der Waals surface area contributed by atoms with Crippen LogP contribution in [0.4, 0.5) is 5.69 Å². The van der Waals surface area contributed by atoms with Crippen molar-refractivity contribution in [3.8, 4) is 0 Å². The van der Waals surface area contributed by atoms with E-state index in [2.05, 4.69) is 10.1 Å². The highest BCUT2D eigenvalue weighted by Gasteiger charge is 2.31. The van der Waals surface area contributed by atoms with Gasteiger partial charge in [-0.2, -0.15) is 0 Å². The number of benzene rings is 1. The van der Waals surface area contributed by atoms with Crippen LogP contribution in [0.25, 0.3) is 0 Å². The Balaban J connectivity index is 2.58. The summed E-state index contributed by atoms with van der Waals surface area (Å²) in [7, 11) is -2.09. The minimum absolute atomic E-state index is 0.166. The normalized spacial score (nSPS) is 21.2. The van der Waals surface area contributed by atoms with Crippen LogP contribution >= 0.6 is 0 Å². The van der Waals surface area contributed by atoms with Gasteiger partial charge in [-0.15, -0.1) is 0 Å². The number of esters is 1. The van der Waals surface area contributed by atoms with E-state index in [9.17, 15) is 13.2 Å². The molecule has 0 aliphatic carbocycles. The summed E-state index contributed by atoms with van der Waals surface area (Å²) >= 11 is 0. The number of fused-ring (bicyclic) bond motifs is 1. The number of sulfone groups is 1. The minimum Gasteiger partial charge on any atom is -0.465 e. The molecule has 0 saturated heterocycles. The van der Waals surface area contributed by atoms with Gasteiger partial charge in [-0.3, -0.25) is 0 Å². The third kappa shape index (κ3) is 1.88. The summed E-state index contributed by atoms with van der Waals surface area (Å²) in [5, 5.41) is 2.52. The van der Waals surface area contributed by atoms with Gasteiger partial charge in [0.15, 0.2) is 9.84 Å². The number of hydrogen-bond donors (Lipinski definition) is 1. The van der Waals surface area contributed by atoms with Crippen molar-refractivity contribution in [1.29, 1.82) is 0 Å². The zero-order valence-corrected chi connectivity index (χ0v) is 10.4. The summed E-state index contributed by atoms with van der Waals surface area (Å²) < 4.78 is 28.7. The first-order valence-corrected chi connectivity index (χ1v) is 6.71. The number of carbonyl (C=O) groups excluding carboxylic acids is 1. The van der Waals surface area contributed by atoms with E-state index < -0.39 is 21.1 Å². The summed E-state index contributed by atoms with van der Waals surface area (Å²) in [6.07, 6.45) is 0. The molecule has 1 aromatic rings. The van der Waals surface area contributed by atoms with Crippen molar-refractivity contribution in [2.24, 2.45) is 0 Å². The van der Waals surface area contributed by atoms with Crippen LogP contribution in [0.5, 0.6) is 0 Å². The van der Waals surface area contributed by atoms with E-state index in [-0.39, 0.29) is 10.5 Å². The Morgan fingerprint density at radius 2 is 2.18 bits per heavy atom. The van der Waals surface area contributed by atoms with Gasteiger partial charge in [0.1, 0.15) is 0 Å². The molecule has 0 amide bonds. The smallest absolute Gasteiger partial charge is 0.337 e. The molecule has 2 rings (SSSR count). The molecule has 0 radical (unpaired) electrons. The van der Waals surface area contributed by atoms with Crippen LogP contribution in [0, 0.1) is 0 Å². The second-order valence-corrected chi connectivity index (χ2v) is 6.27. The van der Waals surface area contributed by atoms with Crippen molar-refractivity contribution in [3.63, 3.8) is 0 Å². The van der Waals surface area contributed by atoms with E-state index >= 15 is 0 Å². The quantitative estimate of drug-likeness (QED) is 0.760. The van der Waals surface area contributed by atoms with Gasteiger partial charge in [0.2, 0.25) is 0 Å². The Kier molecular flexibility index (Phi) is 2.82. The lowest BCUT2D eigenvalue weighted by Crippen LogP contribution is -2.32. The van der Waals surface area contributed by atoms with E-state index in [1.165, 1.54) is 13.2 Å². The summed E-state index contributed by atoms with van der Waals surface area (Å²) in [6, 6.07) is 4.49. The van der Waals surface area contributed by atoms with Crippen LogP contribution in [-0.4, -0.2) is 33.3 Å². The topological polar surface area (TPSA) is 72.5 Å². The highest BCUT2D eigenvalue weighted by atomic mass is 32.2. The summed E-state index contributed by atoms with van der Waals surface area (Å²) in [5.74, 6) is -0.541.